The maximum Gasteiger partial charge on any atom is 0.261 e. The first-order chi connectivity index (χ1) is 22.2. The number of aromatic nitrogens is 2. The molecule has 0 N–H and O–H groups in total. The van der Waals surface area contributed by atoms with Crippen molar-refractivity contribution in [1.29, 1.82) is 0 Å². The minimum Gasteiger partial charge on any atom is -0.234 e. The van der Waals surface area contributed by atoms with Crippen LogP contribution in [0.3, 0.4) is 0 Å². The predicted octanol–water partition coefficient (Wildman–Crippen LogP) is 12.6. The summed E-state index contributed by atoms with van der Waals surface area (Å²) in [7, 11) is 0. The molecule has 2 aromatic carbocycles. The molecule has 0 radical (unpaired) electrons. The number of hydrogen-bond acceptors (Lipinski definition) is 0. The highest BCUT2D eigenvalue weighted by atomic mass is 15.2. The van der Waals surface area contributed by atoms with Crippen LogP contribution in [-0.2, 0) is 25.9 Å². The molecule has 3 rings (SSSR count). The lowest BCUT2D eigenvalue weighted by atomic mass is 9.96. The van der Waals surface area contributed by atoms with E-state index in [0.717, 1.165) is 25.9 Å². The fourth-order valence-corrected chi connectivity index (χ4v) is 6.99. The molecule has 0 bridgehead atoms. The first kappa shape index (κ1) is 37.1. The second kappa shape index (κ2) is 23.9. The Morgan fingerprint density at radius 1 is 0.556 bits per heavy atom. The van der Waals surface area contributed by atoms with Crippen LogP contribution in [0.2, 0.25) is 0 Å². The van der Waals surface area contributed by atoms with E-state index in [2.05, 4.69) is 96.8 Å². The molecule has 0 saturated carbocycles. The summed E-state index contributed by atoms with van der Waals surface area (Å²) in [5.74, 6) is 2.03. The molecular formula is C43H69N2+. The van der Waals surface area contributed by atoms with Crippen LogP contribution in [0.15, 0.2) is 66.9 Å². The van der Waals surface area contributed by atoms with E-state index in [-0.39, 0.29) is 0 Å². The Labute approximate surface area is 279 Å². The molecule has 1 aromatic heterocycles. The molecule has 2 heteroatoms. The predicted molar refractivity (Wildman–Crippen MR) is 196 cm³/mol. The van der Waals surface area contributed by atoms with Gasteiger partial charge in [-0.15, -0.1) is 0 Å². The SMILES string of the molecule is CCCCCCCCCCCCCCC[n+]1cc(CC(C)c2ccccc2)n(CCCCCCCCC)c1Cc1ccccc1. The highest BCUT2D eigenvalue weighted by Gasteiger charge is 2.25. The van der Waals surface area contributed by atoms with Crippen LogP contribution >= 0.6 is 0 Å². The molecule has 250 valence electrons. The van der Waals surface area contributed by atoms with Crippen molar-refractivity contribution in [3.63, 3.8) is 0 Å². The fourth-order valence-electron chi connectivity index (χ4n) is 6.99. The van der Waals surface area contributed by atoms with Crippen LogP contribution in [0.1, 0.15) is 178 Å². The van der Waals surface area contributed by atoms with Crippen LogP contribution < -0.4 is 4.57 Å². The molecule has 0 aliphatic carbocycles. The largest absolute Gasteiger partial charge is 0.261 e. The van der Waals surface area contributed by atoms with Gasteiger partial charge in [0.25, 0.3) is 5.82 Å². The van der Waals surface area contributed by atoms with Crippen molar-refractivity contribution in [2.75, 3.05) is 0 Å². The Bertz CT molecular complexity index is 1100. The summed E-state index contributed by atoms with van der Waals surface area (Å²) in [6.45, 7) is 9.33. The van der Waals surface area contributed by atoms with Crippen LogP contribution in [-0.4, -0.2) is 4.57 Å². The Balaban J connectivity index is 1.60. The lowest BCUT2D eigenvalue weighted by Gasteiger charge is -2.12. The van der Waals surface area contributed by atoms with Gasteiger partial charge in [-0.1, -0.05) is 184 Å². The number of unbranched alkanes of at least 4 members (excludes halogenated alkanes) is 18. The number of benzene rings is 2. The van der Waals surface area contributed by atoms with Crippen molar-refractivity contribution < 1.29 is 4.57 Å². The van der Waals surface area contributed by atoms with Gasteiger partial charge in [0, 0.05) is 6.42 Å². The van der Waals surface area contributed by atoms with Gasteiger partial charge in [-0.05, 0) is 42.7 Å². The van der Waals surface area contributed by atoms with Gasteiger partial charge in [0.15, 0.2) is 0 Å². The Hall–Kier alpha value is -2.35. The van der Waals surface area contributed by atoms with Gasteiger partial charge >= 0.3 is 0 Å². The molecule has 0 amide bonds. The van der Waals surface area contributed by atoms with Crippen molar-refractivity contribution in [2.45, 2.75) is 181 Å². The van der Waals surface area contributed by atoms with Gasteiger partial charge in [0.1, 0.15) is 11.9 Å². The van der Waals surface area contributed by atoms with Gasteiger partial charge in [-0.2, -0.15) is 0 Å². The zero-order valence-corrected chi connectivity index (χ0v) is 29.8. The third kappa shape index (κ3) is 15.2. The number of aryl methyl sites for hydroxylation is 1. The average molecular weight is 614 g/mol. The van der Waals surface area contributed by atoms with E-state index in [9.17, 15) is 0 Å². The molecule has 1 atom stereocenters. The average Bonchev–Trinajstić information content (AvgIpc) is 3.38. The van der Waals surface area contributed by atoms with Crippen LogP contribution in [0.4, 0.5) is 0 Å². The van der Waals surface area contributed by atoms with E-state index in [0.29, 0.717) is 5.92 Å². The number of rotatable bonds is 27. The number of imidazole rings is 1. The highest BCUT2D eigenvalue weighted by molar-refractivity contribution is 5.22. The Morgan fingerprint density at radius 3 is 1.56 bits per heavy atom. The molecule has 0 saturated heterocycles. The molecule has 3 aromatic rings. The lowest BCUT2D eigenvalue weighted by Crippen LogP contribution is -2.37. The molecule has 0 spiro atoms. The molecule has 0 aliphatic rings. The minimum atomic E-state index is 0.517. The first-order valence-electron chi connectivity index (χ1n) is 19.4. The zero-order chi connectivity index (χ0) is 31.8. The van der Waals surface area contributed by atoms with E-state index < -0.39 is 0 Å². The van der Waals surface area contributed by atoms with Gasteiger partial charge in [0.2, 0.25) is 0 Å². The summed E-state index contributed by atoms with van der Waals surface area (Å²) < 4.78 is 5.39. The summed E-state index contributed by atoms with van der Waals surface area (Å²) in [6.07, 6.45) is 32.5. The number of hydrogen-bond donors (Lipinski definition) is 0. The van der Waals surface area contributed by atoms with E-state index in [1.165, 1.54) is 151 Å². The van der Waals surface area contributed by atoms with Crippen molar-refractivity contribution in [3.8, 4) is 0 Å². The van der Waals surface area contributed by atoms with Crippen molar-refractivity contribution in [3.05, 3.63) is 89.5 Å². The smallest absolute Gasteiger partial charge is 0.234 e. The molecule has 2 nitrogen and oxygen atoms in total. The fraction of sp³-hybridized carbons (Fsp3) is 0.651. The maximum absolute atomic E-state index is 2.74. The van der Waals surface area contributed by atoms with Crippen LogP contribution in [0, 0.1) is 0 Å². The summed E-state index contributed by atoms with van der Waals surface area (Å²) >= 11 is 0. The van der Waals surface area contributed by atoms with E-state index in [1.807, 2.05) is 0 Å². The quantitative estimate of drug-likeness (QED) is 0.0597. The highest BCUT2D eigenvalue weighted by Crippen LogP contribution is 2.23. The van der Waals surface area contributed by atoms with Crippen molar-refractivity contribution >= 4 is 0 Å². The summed E-state index contributed by atoms with van der Waals surface area (Å²) in [6, 6.07) is 22.3. The Kier molecular flexibility index (Phi) is 19.7. The molecule has 0 aliphatic heterocycles. The molecule has 45 heavy (non-hydrogen) atoms. The number of nitrogens with zero attached hydrogens (tertiary/aromatic N) is 2. The summed E-state index contributed by atoms with van der Waals surface area (Å²) in [5.41, 5.74) is 4.41. The maximum atomic E-state index is 2.74. The van der Waals surface area contributed by atoms with E-state index in [4.69, 9.17) is 0 Å². The Morgan fingerprint density at radius 2 is 1.02 bits per heavy atom. The molecule has 1 unspecified atom stereocenters. The van der Waals surface area contributed by atoms with Gasteiger partial charge in [-0.3, -0.25) is 0 Å². The monoisotopic (exact) mass is 614 g/mol. The molecular weight excluding hydrogens is 544 g/mol. The third-order valence-corrected chi connectivity index (χ3v) is 9.87. The van der Waals surface area contributed by atoms with Gasteiger partial charge in [0.05, 0.1) is 19.5 Å². The van der Waals surface area contributed by atoms with Gasteiger partial charge in [-0.25, -0.2) is 9.13 Å². The van der Waals surface area contributed by atoms with Crippen molar-refractivity contribution in [1.82, 2.24) is 4.57 Å². The first-order valence-corrected chi connectivity index (χ1v) is 19.4. The minimum absolute atomic E-state index is 0.517. The second-order valence-electron chi connectivity index (χ2n) is 13.9. The third-order valence-electron chi connectivity index (χ3n) is 9.87. The van der Waals surface area contributed by atoms with Crippen molar-refractivity contribution in [2.24, 2.45) is 0 Å². The second-order valence-corrected chi connectivity index (χ2v) is 13.9. The zero-order valence-electron chi connectivity index (χ0n) is 29.8. The molecule has 1 heterocycles. The summed E-state index contributed by atoms with van der Waals surface area (Å²) in [5, 5.41) is 0. The normalized spacial score (nSPS) is 12.2. The lowest BCUT2D eigenvalue weighted by molar-refractivity contribution is -0.704. The molecule has 0 fully saturated rings. The van der Waals surface area contributed by atoms with E-state index >= 15 is 0 Å². The van der Waals surface area contributed by atoms with Crippen LogP contribution in [0.25, 0.3) is 0 Å². The van der Waals surface area contributed by atoms with E-state index in [1.54, 1.807) is 0 Å². The van der Waals surface area contributed by atoms with Crippen LogP contribution in [0.5, 0.6) is 0 Å². The topological polar surface area (TPSA) is 8.81 Å². The summed E-state index contributed by atoms with van der Waals surface area (Å²) in [4.78, 5) is 0. The van der Waals surface area contributed by atoms with Gasteiger partial charge < -0.3 is 0 Å². The standard InChI is InChI=1S/C43H69N2/c1-4-6-8-10-12-13-14-15-16-17-19-20-28-34-44-38-42(36-39(3)41-32-26-23-27-33-41)45(35-29-21-18-11-9-7-5-2)43(44)37-40-30-24-22-25-31-40/h22-27,30-33,38-39H,4-21,28-29,34-37H2,1-3H3/q+1.